The molecule has 0 aliphatic rings. The van der Waals surface area contributed by atoms with Gasteiger partial charge in [0.05, 0.1) is 0 Å². The molecule has 0 unspecified atom stereocenters. The Morgan fingerprint density at radius 2 is 1.83 bits per heavy atom. The van der Waals surface area contributed by atoms with E-state index in [0.717, 1.165) is 19.3 Å². The van der Waals surface area contributed by atoms with E-state index in [4.69, 9.17) is 0 Å². The van der Waals surface area contributed by atoms with Crippen molar-refractivity contribution in [3.8, 4) is 0 Å². The number of allylic oxidation sites excluding steroid dienone is 2. The fraction of sp³-hybridized carbons (Fsp3) is 0.250. The summed E-state index contributed by atoms with van der Waals surface area (Å²) in [5.74, 6) is 0. The summed E-state index contributed by atoms with van der Waals surface area (Å²) in [5.41, 5.74) is 1.41. The summed E-state index contributed by atoms with van der Waals surface area (Å²) in [6, 6.07) is 10.5. The van der Waals surface area contributed by atoms with Crippen LogP contribution in [0.15, 0.2) is 42.5 Å². The Hall–Kier alpha value is -1.04. The predicted molar refractivity (Wildman–Crippen MR) is 53.9 cm³/mol. The summed E-state index contributed by atoms with van der Waals surface area (Å²) in [5, 5.41) is 0. The van der Waals surface area contributed by atoms with Crippen LogP contribution < -0.4 is 0 Å². The van der Waals surface area contributed by atoms with Gasteiger partial charge in [0.15, 0.2) is 0 Å². The van der Waals surface area contributed by atoms with Crippen molar-refractivity contribution in [2.75, 3.05) is 0 Å². The molecule has 0 heteroatoms. The molecule has 1 aromatic carbocycles. The molecule has 1 radical (unpaired) electrons. The van der Waals surface area contributed by atoms with Crippen molar-refractivity contribution in [1.29, 1.82) is 0 Å². The van der Waals surface area contributed by atoms with E-state index in [0.29, 0.717) is 0 Å². The summed E-state index contributed by atoms with van der Waals surface area (Å²) in [6.45, 7) is 3.74. The molecule has 0 N–H and O–H groups in total. The van der Waals surface area contributed by atoms with Crippen LogP contribution in [-0.2, 0) is 6.42 Å². The Kier molecular flexibility index (Phi) is 4.22. The molecule has 0 saturated heterocycles. The molecular formula is C12H15. The van der Waals surface area contributed by atoms with Crippen LogP contribution in [0.2, 0.25) is 0 Å². The monoisotopic (exact) mass is 159 g/mol. The lowest BCUT2D eigenvalue weighted by Gasteiger charge is -1.95. The van der Waals surface area contributed by atoms with Gasteiger partial charge >= 0.3 is 0 Å². The molecule has 63 valence electrons. The average Bonchev–Trinajstić information content (AvgIpc) is 2.14. The van der Waals surface area contributed by atoms with Crippen LogP contribution in [0.4, 0.5) is 0 Å². The van der Waals surface area contributed by atoms with Gasteiger partial charge in [-0.15, -0.1) is 0 Å². The minimum atomic E-state index is 0.898. The van der Waals surface area contributed by atoms with E-state index < -0.39 is 0 Å². The van der Waals surface area contributed by atoms with Crippen molar-refractivity contribution in [3.63, 3.8) is 0 Å². The first-order valence-electron chi connectivity index (χ1n) is 4.41. The molecule has 0 amide bonds. The number of aryl methyl sites for hydroxylation is 1. The fourth-order valence-electron chi connectivity index (χ4n) is 1.13. The van der Waals surface area contributed by atoms with E-state index in [1.807, 2.05) is 0 Å². The number of rotatable bonds is 4. The third-order valence-corrected chi connectivity index (χ3v) is 1.78. The lowest BCUT2D eigenvalue weighted by Crippen LogP contribution is -1.80. The molecule has 0 fully saturated rings. The number of hydrogen-bond acceptors (Lipinski definition) is 0. The molecule has 0 aliphatic carbocycles. The molecule has 0 aromatic heterocycles. The second kappa shape index (κ2) is 5.59. The van der Waals surface area contributed by atoms with E-state index in [1.165, 1.54) is 5.56 Å². The highest BCUT2D eigenvalue weighted by Crippen LogP contribution is 2.02. The van der Waals surface area contributed by atoms with Gasteiger partial charge in [0.25, 0.3) is 0 Å². The largest absolute Gasteiger partial charge is 0.0885 e. The molecule has 1 aromatic rings. The highest BCUT2D eigenvalue weighted by molar-refractivity contribution is 5.15. The van der Waals surface area contributed by atoms with E-state index in [-0.39, 0.29) is 0 Å². The molecule has 0 heterocycles. The average molecular weight is 159 g/mol. The maximum atomic E-state index is 3.74. The van der Waals surface area contributed by atoms with Crippen LogP contribution in [0, 0.1) is 6.92 Å². The minimum Gasteiger partial charge on any atom is -0.0885 e. The van der Waals surface area contributed by atoms with E-state index in [1.54, 1.807) is 0 Å². The van der Waals surface area contributed by atoms with Crippen molar-refractivity contribution in [2.45, 2.75) is 19.3 Å². The van der Waals surface area contributed by atoms with Gasteiger partial charge in [0.1, 0.15) is 0 Å². The normalized spacial score (nSPS) is 10.8. The Bertz CT molecular complexity index is 221. The Morgan fingerprint density at radius 1 is 1.08 bits per heavy atom. The van der Waals surface area contributed by atoms with Crippen LogP contribution in [0.3, 0.4) is 0 Å². The third-order valence-electron chi connectivity index (χ3n) is 1.78. The van der Waals surface area contributed by atoms with Crippen molar-refractivity contribution in [3.05, 3.63) is 55.0 Å². The van der Waals surface area contributed by atoms with E-state index in [9.17, 15) is 0 Å². The predicted octanol–water partition coefficient (Wildman–Crippen LogP) is 3.40. The Morgan fingerprint density at radius 3 is 2.50 bits per heavy atom. The van der Waals surface area contributed by atoms with Crippen molar-refractivity contribution >= 4 is 0 Å². The maximum absolute atomic E-state index is 3.74. The summed E-state index contributed by atoms with van der Waals surface area (Å²) in [7, 11) is 0. The zero-order valence-corrected chi connectivity index (χ0v) is 7.37. The minimum absolute atomic E-state index is 0.898. The Balaban J connectivity index is 2.29. The van der Waals surface area contributed by atoms with Gasteiger partial charge in [-0.3, -0.25) is 0 Å². The van der Waals surface area contributed by atoms with Gasteiger partial charge in [-0.25, -0.2) is 0 Å². The molecule has 0 atom stereocenters. The van der Waals surface area contributed by atoms with Gasteiger partial charge in [0.2, 0.25) is 0 Å². The summed E-state index contributed by atoms with van der Waals surface area (Å²) in [6.07, 6.45) is 7.47. The van der Waals surface area contributed by atoms with Crippen LogP contribution in [0.1, 0.15) is 18.4 Å². The second-order valence-corrected chi connectivity index (χ2v) is 2.78. The zero-order valence-electron chi connectivity index (χ0n) is 7.37. The van der Waals surface area contributed by atoms with Crippen molar-refractivity contribution in [1.82, 2.24) is 0 Å². The molecular weight excluding hydrogens is 144 g/mol. The molecule has 12 heavy (non-hydrogen) atoms. The summed E-state index contributed by atoms with van der Waals surface area (Å²) < 4.78 is 0. The summed E-state index contributed by atoms with van der Waals surface area (Å²) >= 11 is 0. The number of benzene rings is 1. The lowest BCUT2D eigenvalue weighted by atomic mass is 10.1. The molecule has 0 bridgehead atoms. The van der Waals surface area contributed by atoms with E-state index in [2.05, 4.69) is 49.4 Å². The lowest BCUT2D eigenvalue weighted by molar-refractivity contribution is 0.996. The SMILES string of the molecule is [CH2]C/C=C/CCc1ccccc1. The third kappa shape index (κ3) is 3.38. The van der Waals surface area contributed by atoms with Crippen molar-refractivity contribution in [2.24, 2.45) is 0 Å². The van der Waals surface area contributed by atoms with E-state index >= 15 is 0 Å². The van der Waals surface area contributed by atoms with Gasteiger partial charge in [-0.05, 0) is 31.7 Å². The molecule has 0 nitrogen and oxygen atoms in total. The van der Waals surface area contributed by atoms with Crippen LogP contribution >= 0.6 is 0 Å². The first kappa shape index (κ1) is 9.05. The highest BCUT2D eigenvalue weighted by atomic mass is 13.9. The maximum Gasteiger partial charge on any atom is -0.0244 e. The van der Waals surface area contributed by atoms with Crippen LogP contribution in [-0.4, -0.2) is 0 Å². The standard InChI is InChI=1S/C12H15/c1-2-3-4-6-9-12-10-7-5-8-11-12/h3-5,7-8,10-11H,1-2,6,9H2/b4-3+. The van der Waals surface area contributed by atoms with Gasteiger partial charge in [-0.2, -0.15) is 0 Å². The van der Waals surface area contributed by atoms with Gasteiger partial charge in [-0.1, -0.05) is 42.5 Å². The first-order valence-corrected chi connectivity index (χ1v) is 4.41. The first-order chi connectivity index (χ1) is 5.93. The number of hydrogen-bond donors (Lipinski definition) is 0. The smallest absolute Gasteiger partial charge is 0.0244 e. The van der Waals surface area contributed by atoms with Gasteiger partial charge < -0.3 is 0 Å². The van der Waals surface area contributed by atoms with Crippen LogP contribution in [0.5, 0.6) is 0 Å². The molecule has 0 aliphatic heterocycles. The summed E-state index contributed by atoms with van der Waals surface area (Å²) in [4.78, 5) is 0. The quantitative estimate of drug-likeness (QED) is 0.591. The fourth-order valence-corrected chi connectivity index (χ4v) is 1.13. The molecule has 1 rings (SSSR count). The molecule has 0 saturated carbocycles. The topological polar surface area (TPSA) is 0 Å². The zero-order chi connectivity index (χ0) is 8.65. The second-order valence-electron chi connectivity index (χ2n) is 2.78. The Labute approximate surface area is 74.9 Å². The van der Waals surface area contributed by atoms with Crippen molar-refractivity contribution < 1.29 is 0 Å². The van der Waals surface area contributed by atoms with Gasteiger partial charge in [0, 0.05) is 0 Å². The highest BCUT2D eigenvalue weighted by Gasteiger charge is 1.86. The molecule has 0 spiro atoms. The van der Waals surface area contributed by atoms with Crippen LogP contribution in [0.25, 0.3) is 0 Å².